The van der Waals surface area contributed by atoms with Crippen molar-refractivity contribution in [2.75, 3.05) is 19.6 Å². The van der Waals surface area contributed by atoms with Crippen LogP contribution >= 0.6 is 22.9 Å². The number of carbonyl (C=O) groups excluding carboxylic acids is 1. The standard InChI is InChI=1S/C18H19ClFNOS.C2H6/c1-12-16(17(22)11-21-8-6-15(20)7-9-21)10-18(23-12)13-2-4-14(19)5-3-13;1-2/h2-5,10,15H,6-9,11H2,1H3;1-2H3. The summed E-state index contributed by atoms with van der Waals surface area (Å²) in [6.45, 7) is 7.69. The summed E-state index contributed by atoms with van der Waals surface area (Å²) < 4.78 is 13.2. The molecule has 2 heterocycles. The van der Waals surface area contributed by atoms with Crippen molar-refractivity contribution in [3.8, 4) is 10.4 Å². The minimum atomic E-state index is -0.708. The summed E-state index contributed by atoms with van der Waals surface area (Å²) in [5, 5.41) is 0.703. The van der Waals surface area contributed by atoms with Gasteiger partial charge in [0.05, 0.1) is 6.54 Å². The third-order valence-corrected chi connectivity index (χ3v) is 5.58. The molecule has 0 spiro atoms. The molecule has 0 bridgehead atoms. The van der Waals surface area contributed by atoms with E-state index in [9.17, 15) is 9.18 Å². The number of benzene rings is 1. The van der Waals surface area contributed by atoms with Crippen LogP contribution in [0.2, 0.25) is 5.02 Å². The Balaban J connectivity index is 0.00000109. The molecule has 1 aromatic carbocycles. The summed E-state index contributed by atoms with van der Waals surface area (Å²) in [5.41, 5.74) is 1.85. The lowest BCUT2D eigenvalue weighted by Gasteiger charge is -2.27. The van der Waals surface area contributed by atoms with E-state index in [0.29, 0.717) is 37.5 Å². The van der Waals surface area contributed by atoms with Gasteiger partial charge in [-0.2, -0.15) is 0 Å². The Hall–Kier alpha value is -1.23. The number of rotatable bonds is 4. The lowest BCUT2D eigenvalue weighted by Crippen LogP contribution is -2.38. The van der Waals surface area contributed by atoms with Crippen molar-refractivity contribution < 1.29 is 9.18 Å². The van der Waals surface area contributed by atoms with Gasteiger partial charge in [0, 0.05) is 33.4 Å². The van der Waals surface area contributed by atoms with Crippen molar-refractivity contribution >= 4 is 28.7 Å². The van der Waals surface area contributed by atoms with Crippen LogP contribution in [0.3, 0.4) is 0 Å². The molecular formula is C20H25ClFNOS. The number of likely N-dealkylation sites (tertiary alicyclic amines) is 1. The Bertz CT molecular complexity index is 690. The average Bonchev–Trinajstić information content (AvgIpc) is 3.01. The van der Waals surface area contributed by atoms with E-state index in [1.807, 2.05) is 51.1 Å². The van der Waals surface area contributed by atoms with Crippen LogP contribution in [0.15, 0.2) is 30.3 Å². The van der Waals surface area contributed by atoms with E-state index in [1.54, 1.807) is 11.3 Å². The molecule has 1 saturated heterocycles. The predicted molar refractivity (Wildman–Crippen MR) is 106 cm³/mol. The topological polar surface area (TPSA) is 20.3 Å². The van der Waals surface area contributed by atoms with Gasteiger partial charge in [0.25, 0.3) is 0 Å². The van der Waals surface area contributed by atoms with Crippen LogP contribution < -0.4 is 0 Å². The number of Topliss-reactive ketones (excluding diaryl/α,β-unsaturated/α-hetero) is 1. The van der Waals surface area contributed by atoms with Crippen molar-refractivity contribution in [1.82, 2.24) is 4.90 Å². The van der Waals surface area contributed by atoms with Crippen LogP contribution in [0.25, 0.3) is 10.4 Å². The lowest BCUT2D eigenvalue weighted by molar-refractivity contribution is 0.0875. The fraction of sp³-hybridized carbons (Fsp3) is 0.450. The lowest BCUT2D eigenvalue weighted by atomic mass is 10.1. The highest BCUT2D eigenvalue weighted by Crippen LogP contribution is 2.32. The number of thiophene rings is 1. The molecule has 5 heteroatoms. The van der Waals surface area contributed by atoms with Gasteiger partial charge in [0.15, 0.2) is 5.78 Å². The second-order valence-electron chi connectivity index (χ2n) is 5.96. The minimum Gasteiger partial charge on any atom is -0.296 e. The Morgan fingerprint density at radius 2 is 1.84 bits per heavy atom. The molecule has 25 heavy (non-hydrogen) atoms. The second-order valence-corrected chi connectivity index (χ2v) is 7.65. The normalized spacial score (nSPS) is 15.6. The van der Waals surface area contributed by atoms with Crippen molar-refractivity contribution in [3.63, 3.8) is 0 Å². The maximum atomic E-state index is 13.2. The molecule has 0 aliphatic carbocycles. The molecule has 2 aromatic rings. The van der Waals surface area contributed by atoms with Gasteiger partial charge in [-0.3, -0.25) is 9.69 Å². The van der Waals surface area contributed by atoms with Gasteiger partial charge in [0.2, 0.25) is 0 Å². The quantitative estimate of drug-likeness (QED) is 0.603. The first-order valence-electron chi connectivity index (χ1n) is 8.79. The summed E-state index contributed by atoms with van der Waals surface area (Å²) in [4.78, 5) is 16.7. The fourth-order valence-corrected chi connectivity index (χ4v) is 4.03. The Kier molecular flexibility index (Phi) is 7.60. The molecule has 0 unspecified atom stereocenters. The maximum Gasteiger partial charge on any atom is 0.177 e. The second kappa shape index (κ2) is 9.46. The monoisotopic (exact) mass is 381 g/mol. The van der Waals surface area contributed by atoms with Crippen molar-refractivity contribution in [2.24, 2.45) is 0 Å². The number of alkyl halides is 1. The number of hydrogen-bond acceptors (Lipinski definition) is 3. The maximum absolute atomic E-state index is 13.2. The Morgan fingerprint density at radius 3 is 2.44 bits per heavy atom. The zero-order valence-corrected chi connectivity index (χ0v) is 16.6. The van der Waals surface area contributed by atoms with Crippen molar-refractivity contribution in [3.05, 3.63) is 45.8 Å². The summed E-state index contributed by atoms with van der Waals surface area (Å²) in [7, 11) is 0. The van der Waals surface area contributed by atoms with Gasteiger partial charge in [-0.1, -0.05) is 37.6 Å². The summed E-state index contributed by atoms with van der Waals surface area (Å²) in [6.07, 6.45) is 0.360. The first-order chi connectivity index (χ1) is 12.0. The highest BCUT2D eigenvalue weighted by molar-refractivity contribution is 7.15. The molecule has 0 saturated carbocycles. The number of ketones is 1. The van der Waals surface area contributed by atoms with Crippen LogP contribution in [0, 0.1) is 6.92 Å². The highest BCUT2D eigenvalue weighted by atomic mass is 35.5. The third-order valence-electron chi connectivity index (χ3n) is 4.23. The largest absolute Gasteiger partial charge is 0.296 e. The zero-order chi connectivity index (χ0) is 18.4. The van der Waals surface area contributed by atoms with Gasteiger partial charge in [-0.15, -0.1) is 11.3 Å². The fourth-order valence-electron chi connectivity index (χ4n) is 2.86. The first-order valence-corrected chi connectivity index (χ1v) is 9.98. The van der Waals surface area contributed by atoms with E-state index < -0.39 is 6.17 Å². The average molecular weight is 382 g/mol. The van der Waals surface area contributed by atoms with E-state index >= 15 is 0 Å². The molecule has 0 atom stereocenters. The van der Waals surface area contributed by atoms with E-state index in [0.717, 1.165) is 20.9 Å². The summed E-state index contributed by atoms with van der Waals surface area (Å²) in [6, 6.07) is 9.61. The van der Waals surface area contributed by atoms with Crippen LogP contribution in [-0.4, -0.2) is 36.5 Å². The SMILES string of the molecule is CC.Cc1sc(-c2ccc(Cl)cc2)cc1C(=O)CN1CCC(F)CC1. The third kappa shape index (κ3) is 5.37. The van der Waals surface area contributed by atoms with E-state index in [4.69, 9.17) is 11.6 Å². The van der Waals surface area contributed by atoms with Crippen LogP contribution in [0.5, 0.6) is 0 Å². The van der Waals surface area contributed by atoms with Crippen molar-refractivity contribution in [2.45, 2.75) is 39.8 Å². The molecule has 1 aromatic heterocycles. The number of halogens is 2. The summed E-state index contributed by atoms with van der Waals surface area (Å²) in [5.74, 6) is 0.122. The number of hydrogen-bond donors (Lipinski definition) is 0. The Labute approximate surface area is 158 Å². The van der Waals surface area contributed by atoms with Crippen molar-refractivity contribution in [1.29, 1.82) is 0 Å². The molecule has 0 radical (unpaired) electrons. The highest BCUT2D eigenvalue weighted by Gasteiger charge is 2.22. The van der Waals surface area contributed by atoms with E-state index in [2.05, 4.69) is 4.90 Å². The van der Waals surface area contributed by atoms with Crippen LogP contribution in [-0.2, 0) is 0 Å². The smallest absolute Gasteiger partial charge is 0.177 e. The molecule has 1 aliphatic rings. The first kappa shape index (κ1) is 20.1. The van der Waals surface area contributed by atoms with Gasteiger partial charge >= 0.3 is 0 Å². The van der Waals surface area contributed by atoms with Gasteiger partial charge in [-0.05, 0) is 43.5 Å². The molecule has 0 N–H and O–H groups in total. The molecule has 136 valence electrons. The molecule has 3 rings (SSSR count). The van der Waals surface area contributed by atoms with Crippen LogP contribution in [0.4, 0.5) is 4.39 Å². The molecule has 1 aliphatic heterocycles. The van der Waals surface area contributed by atoms with Gasteiger partial charge < -0.3 is 0 Å². The van der Waals surface area contributed by atoms with E-state index in [1.165, 1.54) is 0 Å². The Morgan fingerprint density at radius 1 is 1.24 bits per heavy atom. The number of nitrogens with zero attached hydrogens (tertiary/aromatic N) is 1. The predicted octanol–water partition coefficient (Wildman–Crippen LogP) is 6.02. The van der Waals surface area contributed by atoms with Crippen LogP contribution in [0.1, 0.15) is 41.9 Å². The summed E-state index contributed by atoms with van der Waals surface area (Å²) >= 11 is 7.54. The minimum absolute atomic E-state index is 0.122. The van der Waals surface area contributed by atoms with Gasteiger partial charge in [0.1, 0.15) is 6.17 Å². The zero-order valence-electron chi connectivity index (χ0n) is 15.0. The number of aryl methyl sites for hydroxylation is 1. The molecular weight excluding hydrogens is 357 g/mol. The molecule has 2 nitrogen and oxygen atoms in total. The van der Waals surface area contributed by atoms with E-state index in [-0.39, 0.29) is 5.78 Å². The van der Waals surface area contributed by atoms with Gasteiger partial charge in [-0.25, -0.2) is 4.39 Å². The molecule has 1 fully saturated rings. The number of piperidine rings is 1. The number of carbonyl (C=O) groups is 1. The molecule has 0 amide bonds.